The molecule has 0 bridgehead atoms. The summed E-state index contributed by atoms with van der Waals surface area (Å²) >= 11 is 0. The Balaban J connectivity index is 1.72. The van der Waals surface area contributed by atoms with Crippen LogP contribution in [0.3, 0.4) is 0 Å². The van der Waals surface area contributed by atoms with Gasteiger partial charge in [0.2, 0.25) is 0 Å². The number of hydrogen-bond acceptors (Lipinski definition) is 4. The Labute approximate surface area is 92.6 Å². The number of nitrogens with one attached hydrogen (secondary N) is 1. The van der Waals surface area contributed by atoms with Crippen molar-refractivity contribution in [2.24, 2.45) is 0 Å². The summed E-state index contributed by atoms with van der Waals surface area (Å²) in [5, 5.41) is 3.40. The highest BCUT2D eigenvalue weighted by molar-refractivity contribution is 4.77. The fourth-order valence-corrected chi connectivity index (χ4v) is 2.40. The Morgan fingerprint density at radius 3 is 2.47 bits per heavy atom. The maximum absolute atomic E-state index is 5.36. The molecule has 2 heterocycles. The van der Waals surface area contributed by atoms with E-state index in [9.17, 15) is 0 Å². The van der Waals surface area contributed by atoms with Gasteiger partial charge < -0.3 is 10.1 Å². The van der Waals surface area contributed by atoms with Crippen LogP contribution in [0.2, 0.25) is 0 Å². The van der Waals surface area contributed by atoms with E-state index in [0.29, 0.717) is 6.04 Å². The molecule has 15 heavy (non-hydrogen) atoms. The van der Waals surface area contributed by atoms with Crippen molar-refractivity contribution in [3.05, 3.63) is 0 Å². The smallest absolute Gasteiger partial charge is 0.0594 e. The van der Waals surface area contributed by atoms with E-state index in [1.807, 2.05) is 0 Å². The van der Waals surface area contributed by atoms with Gasteiger partial charge in [0.05, 0.1) is 13.2 Å². The molecule has 0 radical (unpaired) electrons. The van der Waals surface area contributed by atoms with Gasteiger partial charge in [0.25, 0.3) is 0 Å². The first-order valence-electron chi connectivity index (χ1n) is 6.11. The molecule has 1 atom stereocenters. The lowest BCUT2D eigenvalue weighted by molar-refractivity contribution is 0.0233. The third-order valence-corrected chi connectivity index (χ3v) is 3.40. The van der Waals surface area contributed by atoms with E-state index in [0.717, 1.165) is 39.4 Å². The molecule has 4 heteroatoms. The van der Waals surface area contributed by atoms with Gasteiger partial charge in [-0.15, -0.1) is 0 Å². The first-order chi connectivity index (χ1) is 7.36. The highest BCUT2D eigenvalue weighted by Gasteiger charge is 2.19. The lowest BCUT2D eigenvalue weighted by Crippen LogP contribution is -2.52. The van der Waals surface area contributed by atoms with Crippen LogP contribution in [0.15, 0.2) is 0 Å². The third kappa shape index (κ3) is 3.41. The first kappa shape index (κ1) is 11.3. The summed E-state index contributed by atoms with van der Waals surface area (Å²) < 4.78 is 5.36. The summed E-state index contributed by atoms with van der Waals surface area (Å²) in [6, 6.07) is 0.685. The Bertz CT molecular complexity index is 177. The monoisotopic (exact) mass is 213 g/mol. The zero-order valence-electron chi connectivity index (χ0n) is 9.74. The predicted molar refractivity (Wildman–Crippen MR) is 61.2 cm³/mol. The topological polar surface area (TPSA) is 27.7 Å². The van der Waals surface area contributed by atoms with E-state index in [1.165, 1.54) is 19.6 Å². The van der Waals surface area contributed by atoms with Crippen molar-refractivity contribution >= 4 is 0 Å². The third-order valence-electron chi connectivity index (χ3n) is 3.40. The predicted octanol–water partition coefficient (Wildman–Crippen LogP) is -0.388. The molecule has 1 N–H and O–H groups in total. The highest BCUT2D eigenvalue weighted by atomic mass is 16.5. The molecule has 0 aromatic rings. The average molecular weight is 213 g/mol. The van der Waals surface area contributed by atoms with Crippen molar-refractivity contribution < 1.29 is 4.74 Å². The fourth-order valence-electron chi connectivity index (χ4n) is 2.40. The van der Waals surface area contributed by atoms with Gasteiger partial charge in [-0.3, -0.25) is 9.80 Å². The van der Waals surface area contributed by atoms with Crippen LogP contribution >= 0.6 is 0 Å². The minimum atomic E-state index is 0.685. The van der Waals surface area contributed by atoms with E-state index in [2.05, 4.69) is 22.0 Å². The van der Waals surface area contributed by atoms with Crippen LogP contribution in [-0.2, 0) is 4.74 Å². The Hall–Kier alpha value is -0.160. The number of hydrogen-bond donors (Lipinski definition) is 1. The van der Waals surface area contributed by atoms with Gasteiger partial charge in [-0.25, -0.2) is 0 Å². The Morgan fingerprint density at radius 2 is 1.80 bits per heavy atom. The van der Waals surface area contributed by atoms with Crippen LogP contribution in [0, 0.1) is 0 Å². The van der Waals surface area contributed by atoms with E-state index in [4.69, 9.17) is 4.74 Å². The number of nitrogens with zero attached hydrogens (tertiary/aromatic N) is 2. The summed E-state index contributed by atoms with van der Waals surface area (Å²) in [4.78, 5) is 5.11. The molecule has 4 nitrogen and oxygen atoms in total. The van der Waals surface area contributed by atoms with Crippen molar-refractivity contribution in [1.82, 2.24) is 15.1 Å². The summed E-state index contributed by atoms with van der Waals surface area (Å²) in [7, 11) is 0. The molecule has 0 aliphatic carbocycles. The number of rotatable bonds is 3. The van der Waals surface area contributed by atoms with Crippen molar-refractivity contribution in [2.45, 2.75) is 13.0 Å². The summed E-state index contributed by atoms with van der Waals surface area (Å²) in [5.74, 6) is 0. The van der Waals surface area contributed by atoms with Crippen LogP contribution in [0.4, 0.5) is 0 Å². The normalized spacial score (nSPS) is 27.8. The van der Waals surface area contributed by atoms with Crippen LogP contribution in [-0.4, -0.2) is 74.9 Å². The van der Waals surface area contributed by atoms with Gasteiger partial charge in [-0.1, -0.05) is 0 Å². The van der Waals surface area contributed by atoms with Gasteiger partial charge in [0.1, 0.15) is 0 Å². The Kier molecular flexibility index (Phi) is 4.38. The molecule has 2 aliphatic heterocycles. The van der Waals surface area contributed by atoms with Gasteiger partial charge in [0.15, 0.2) is 0 Å². The molecule has 0 aromatic heterocycles. The zero-order chi connectivity index (χ0) is 10.5. The van der Waals surface area contributed by atoms with Crippen LogP contribution < -0.4 is 5.32 Å². The number of morpholine rings is 1. The molecular weight excluding hydrogens is 190 g/mol. The van der Waals surface area contributed by atoms with Gasteiger partial charge in [-0.05, 0) is 6.92 Å². The second kappa shape index (κ2) is 5.80. The fraction of sp³-hybridized carbons (Fsp3) is 1.00. The highest BCUT2D eigenvalue weighted by Crippen LogP contribution is 2.05. The van der Waals surface area contributed by atoms with E-state index in [-0.39, 0.29) is 0 Å². The summed E-state index contributed by atoms with van der Waals surface area (Å²) in [5.41, 5.74) is 0. The molecular formula is C11H23N3O. The number of piperazine rings is 1. The molecule has 0 saturated carbocycles. The molecule has 2 fully saturated rings. The Morgan fingerprint density at radius 1 is 1.13 bits per heavy atom. The molecule has 1 unspecified atom stereocenters. The van der Waals surface area contributed by atoms with Gasteiger partial charge in [-0.2, -0.15) is 0 Å². The van der Waals surface area contributed by atoms with E-state index < -0.39 is 0 Å². The molecule has 0 amide bonds. The molecule has 88 valence electrons. The first-order valence-corrected chi connectivity index (χ1v) is 6.11. The lowest BCUT2D eigenvalue weighted by atomic mass is 10.2. The number of ether oxygens (including phenoxy) is 1. The maximum Gasteiger partial charge on any atom is 0.0594 e. The van der Waals surface area contributed by atoms with E-state index >= 15 is 0 Å². The second-order valence-electron chi connectivity index (χ2n) is 4.55. The zero-order valence-corrected chi connectivity index (χ0v) is 9.74. The minimum Gasteiger partial charge on any atom is -0.379 e. The quantitative estimate of drug-likeness (QED) is 0.691. The van der Waals surface area contributed by atoms with Gasteiger partial charge >= 0.3 is 0 Å². The second-order valence-corrected chi connectivity index (χ2v) is 4.55. The van der Waals surface area contributed by atoms with E-state index in [1.54, 1.807) is 0 Å². The standard InChI is InChI=1S/C11H23N3O/c1-11(14-4-2-12-3-5-14)10-13-6-8-15-9-7-13/h11-12H,2-10H2,1H3. The van der Waals surface area contributed by atoms with Crippen LogP contribution in [0.25, 0.3) is 0 Å². The minimum absolute atomic E-state index is 0.685. The van der Waals surface area contributed by atoms with Crippen molar-refractivity contribution in [2.75, 3.05) is 59.0 Å². The lowest BCUT2D eigenvalue weighted by Gasteiger charge is -2.37. The molecule has 2 saturated heterocycles. The molecule has 0 spiro atoms. The summed E-state index contributed by atoms with van der Waals surface area (Å²) in [6.45, 7) is 12.3. The van der Waals surface area contributed by atoms with Crippen molar-refractivity contribution in [3.63, 3.8) is 0 Å². The SMILES string of the molecule is CC(CN1CCOCC1)N1CCNCC1. The van der Waals surface area contributed by atoms with Crippen LogP contribution in [0.1, 0.15) is 6.92 Å². The van der Waals surface area contributed by atoms with Crippen molar-refractivity contribution in [3.8, 4) is 0 Å². The largest absolute Gasteiger partial charge is 0.379 e. The molecule has 0 aromatic carbocycles. The van der Waals surface area contributed by atoms with Crippen molar-refractivity contribution in [1.29, 1.82) is 0 Å². The molecule has 2 rings (SSSR count). The average Bonchev–Trinajstić information content (AvgIpc) is 2.31. The molecule has 2 aliphatic rings. The summed E-state index contributed by atoms with van der Waals surface area (Å²) in [6.07, 6.45) is 0. The van der Waals surface area contributed by atoms with Crippen LogP contribution in [0.5, 0.6) is 0 Å². The van der Waals surface area contributed by atoms with Gasteiger partial charge in [0, 0.05) is 51.9 Å². The maximum atomic E-state index is 5.36.